The Bertz CT molecular complexity index is 1390. The summed E-state index contributed by atoms with van der Waals surface area (Å²) in [6, 6.07) is 19.8. The Kier molecular flexibility index (Phi) is 6.10. The van der Waals surface area contributed by atoms with Crippen LogP contribution < -0.4 is 15.0 Å². The number of rotatable bonds is 6. The first-order chi connectivity index (χ1) is 15.5. The van der Waals surface area contributed by atoms with E-state index < -0.39 is 11.3 Å². The molecule has 0 amide bonds. The van der Waals surface area contributed by atoms with E-state index in [9.17, 15) is 9.59 Å². The zero-order valence-electron chi connectivity index (χ0n) is 17.5. The molecule has 0 aliphatic rings. The van der Waals surface area contributed by atoms with Crippen LogP contribution in [-0.4, -0.2) is 25.0 Å². The van der Waals surface area contributed by atoms with Crippen LogP contribution in [0.4, 0.5) is 0 Å². The average molecular weight is 446 g/mol. The molecule has 3 aromatic carbocycles. The number of fused-ring (bicyclic) bond motifs is 1. The third-order valence-electron chi connectivity index (χ3n) is 5.14. The van der Waals surface area contributed by atoms with E-state index >= 15 is 0 Å². The molecule has 0 aliphatic heterocycles. The summed E-state index contributed by atoms with van der Waals surface area (Å²) in [6.45, 7) is 0. The Labute approximate surface area is 189 Å². The molecule has 32 heavy (non-hydrogen) atoms. The second kappa shape index (κ2) is 9.12. The fourth-order valence-corrected chi connectivity index (χ4v) is 3.80. The summed E-state index contributed by atoms with van der Waals surface area (Å²) >= 11 is 6.24. The molecule has 1 N–H and O–H groups in total. The van der Waals surface area contributed by atoms with Gasteiger partial charge in [0, 0.05) is 27.1 Å². The minimum atomic E-state index is -0.467. The number of methoxy groups -OCH3 is 2. The maximum absolute atomic E-state index is 13.3. The van der Waals surface area contributed by atoms with Gasteiger partial charge in [0.1, 0.15) is 11.5 Å². The van der Waals surface area contributed by atoms with Gasteiger partial charge < -0.3 is 14.5 Å². The maximum Gasteiger partial charge on any atom is 0.260 e. The molecular weight excluding hydrogens is 426 g/mol. The molecule has 0 spiro atoms. The van der Waals surface area contributed by atoms with E-state index in [1.54, 1.807) is 56.7 Å². The number of carbonyl (C=O) groups excluding carboxylic acids is 1. The molecule has 6 heteroatoms. The van der Waals surface area contributed by atoms with Crippen molar-refractivity contribution >= 4 is 34.4 Å². The molecular formula is C26H20ClNO4. The summed E-state index contributed by atoms with van der Waals surface area (Å²) < 4.78 is 10.6. The van der Waals surface area contributed by atoms with Crippen LogP contribution in [0, 0.1) is 0 Å². The summed E-state index contributed by atoms with van der Waals surface area (Å²) in [4.78, 5) is 29.1. The van der Waals surface area contributed by atoms with Gasteiger partial charge in [-0.1, -0.05) is 41.9 Å². The molecule has 0 aliphatic carbocycles. The predicted octanol–water partition coefficient (Wildman–Crippen LogP) is 5.76. The number of ketones is 1. The molecule has 4 aromatic rings. The van der Waals surface area contributed by atoms with Crippen LogP contribution in [0.3, 0.4) is 0 Å². The molecule has 0 saturated carbocycles. The highest BCUT2D eigenvalue weighted by molar-refractivity contribution is 6.31. The van der Waals surface area contributed by atoms with Gasteiger partial charge in [-0.25, -0.2) is 0 Å². The van der Waals surface area contributed by atoms with E-state index in [1.807, 2.05) is 30.3 Å². The van der Waals surface area contributed by atoms with Crippen LogP contribution in [0.5, 0.6) is 11.5 Å². The lowest BCUT2D eigenvalue weighted by atomic mass is 9.94. The molecule has 0 bridgehead atoms. The Hall–Kier alpha value is -3.83. The standard InChI is InChI=1S/C26H20ClNO4/c1-31-19-10-13-23(32-2)17(14-19)8-12-22(29)25-24(16-6-4-3-5-7-16)20-15-18(27)9-11-21(20)28-26(25)30/h3-15H,1-2H3,(H,28,30). The Balaban J connectivity index is 1.89. The minimum Gasteiger partial charge on any atom is -0.497 e. The topological polar surface area (TPSA) is 68.4 Å². The van der Waals surface area contributed by atoms with Crippen molar-refractivity contribution in [1.82, 2.24) is 4.98 Å². The van der Waals surface area contributed by atoms with Crippen molar-refractivity contribution in [2.24, 2.45) is 0 Å². The Morgan fingerprint density at radius 2 is 1.75 bits per heavy atom. The minimum absolute atomic E-state index is 0.0454. The second-order valence-electron chi connectivity index (χ2n) is 7.07. The van der Waals surface area contributed by atoms with Gasteiger partial charge in [0.2, 0.25) is 0 Å². The van der Waals surface area contributed by atoms with Crippen molar-refractivity contribution in [2.75, 3.05) is 14.2 Å². The number of aromatic amines is 1. The van der Waals surface area contributed by atoms with Gasteiger partial charge in [0.25, 0.3) is 5.56 Å². The lowest BCUT2D eigenvalue weighted by Gasteiger charge is -2.12. The van der Waals surface area contributed by atoms with Gasteiger partial charge in [-0.05, 0) is 54.1 Å². The summed E-state index contributed by atoms with van der Waals surface area (Å²) in [5.41, 5.74) is 2.13. The van der Waals surface area contributed by atoms with E-state index in [-0.39, 0.29) is 5.56 Å². The molecule has 1 heterocycles. The first-order valence-corrected chi connectivity index (χ1v) is 10.2. The van der Waals surface area contributed by atoms with E-state index in [4.69, 9.17) is 21.1 Å². The summed E-state index contributed by atoms with van der Waals surface area (Å²) in [5.74, 6) is 0.773. The van der Waals surface area contributed by atoms with Crippen molar-refractivity contribution in [2.45, 2.75) is 0 Å². The summed E-state index contributed by atoms with van der Waals surface area (Å²) in [5, 5.41) is 1.20. The number of H-pyrrole nitrogens is 1. The molecule has 0 unspecified atom stereocenters. The molecule has 0 fully saturated rings. The van der Waals surface area contributed by atoms with Crippen LogP contribution in [0.1, 0.15) is 15.9 Å². The van der Waals surface area contributed by atoms with Crippen LogP contribution in [0.15, 0.2) is 77.6 Å². The van der Waals surface area contributed by atoms with Gasteiger partial charge in [-0.3, -0.25) is 9.59 Å². The highest BCUT2D eigenvalue weighted by Gasteiger charge is 2.19. The Morgan fingerprint density at radius 1 is 0.969 bits per heavy atom. The number of aromatic nitrogens is 1. The van der Waals surface area contributed by atoms with Gasteiger partial charge in [0.15, 0.2) is 5.78 Å². The molecule has 0 radical (unpaired) electrons. The number of halogens is 1. The fraction of sp³-hybridized carbons (Fsp3) is 0.0769. The first-order valence-electron chi connectivity index (χ1n) is 9.87. The zero-order chi connectivity index (χ0) is 22.7. The Morgan fingerprint density at radius 3 is 2.47 bits per heavy atom. The molecule has 0 saturated heterocycles. The number of allylic oxidation sites excluding steroid dienone is 1. The van der Waals surface area contributed by atoms with Crippen molar-refractivity contribution in [1.29, 1.82) is 0 Å². The third kappa shape index (κ3) is 4.15. The van der Waals surface area contributed by atoms with Crippen LogP contribution >= 0.6 is 11.6 Å². The first kappa shape index (κ1) is 21.4. The van der Waals surface area contributed by atoms with Crippen molar-refractivity contribution in [3.8, 4) is 22.6 Å². The number of ether oxygens (including phenoxy) is 2. The average Bonchev–Trinajstić information content (AvgIpc) is 2.82. The lowest BCUT2D eigenvalue weighted by molar-refractivity contribution is 0.104. The van der Waals surface area contributed by atoms with Gasteiger partial charge >= 0.3 is 0 Å². The van der Waals surface area contributed by atoms with Crippen LogP contribution in [0.25, 0.3) is 28.1 Å². The third-order valence-corrected chi connectivity index (χ3v) is 5.37. The van der Waals surface area contributed by atoms with Crippen molar-refractivity contribution < 1.29 is 14.3 Å². The SMILES string of the molecule is COc1ccc(OC)c(C=CC(=O)c2c(-c3ccccc3)c3cc(Cl)ccc3[nH]c2=O)c1. The number of benzene rings is 3. The monoisotopic (exact) mass is 445 g/mol. The van der Waals surface area contributed by atoms with Crippen molar-refractivity contribution in [3.05, 3.63) is 99.3 Å². The summed E-state index contributed by atoms with van der Waals surface area (Å²) in [7, 11) is 3.11. The molecule has 0 atom stereocenters. The molecule has 4 rings (SSSR count). The molecule has 1 aromatic heterocycles. The van der Waals surface area contributed by atoms with Gasteiger partial charge in [-0.2, -0.15) is 0 Å². The van der Waals surface area contributed by atoms with Crippen LogP contribution in [-0.2, 0) is 0 Å². The molecule has 160 valence electrons. The van der Waals surface area contributed by atoms with E-state index in [2.05, 4.69) is 4.98 Å². The second-order valence-corrected chi connectivity index (χ2v) is 7.50. The normalized spacial score (nSPS) is 11.1. The highest BCUT2D eigenvalue weighted by Crippen LogP contribution is 2.32. The summed E-state index contributed by atoms with van der Waals surface area (Å²) in [6.07, 6.45) is 2.98. The number of carbonyl (C=O) groups is 1. The molecule has 5 nitrogen and oxygen atoms in total. The van der Waals surface area contributed by atoms with Gasteiger partial charge in [-0.15, -0.1) is 0 Å². The number of pyridine rings is 1. The smallest absolute Gasteiger partial charge is 0.260 e. The maximum atomic E-state index is 13.3. The number of hydrogen-bond donors (Lipinski definition) is 1. The van der Waals surface area contributed by atoms with E-state index in [0.29, 0.717) is 38.6 Å². The fourth-order valence-electron chi connectivity index (χ4n) is 3.62. The number of hydrogen-bond acceptors (Lipinski definition) is 4. The number of nitrogens with one attached hydrogen (secondary N) is 1. The predicted molar refractivity (Wildman–Crippen MR) is 128 cm³/mol. The lowest BCUT2D eigenvalue weighted by Crippen LogP contribution is -2.18. The van der Waals surface area contributed by atoms with Crippen molar-refractivity contribution in [3.63, 3.8) is 0 Å². The van der Waals surface area contributed by atoms with E-state index in [1.165, 1.54) is 6.08 Å². The zero-order valence-corrected chi connectivity index (χ0v) is 18.3. The largest absolute Gasteiger partial charge is 0.497 e. The van der Waals surface area contributed by atoms with Crippen LogP contribution in [0.2, 0.25) is 5.02 Å². The van der Waals surface area contributed by atoms with E-state index in [0.717, 1.165) is 5.56 Å². The quantitative estimate of drug-likeness (QED) is 0.302. The van der Waals surface area contributed by atoms with Gasteiger partial charge in [0.05, 0.1) is 19.8 Å². The highest BCUT2D eigenvalue weighted by atomic mass is 35.5.